The highest BCUT2D eigenvalue weighted by molar-refractivity contribution is 5.46. The summed E-state index contributed by atoms with van der Waals surface area (Å²) in [5, 5.41) is 0. The quantitative estimate of drug-likeness (QED) is 0.908. The predicted octanol–water partition coefficient (Wildman–Crippen LogP) is 2.55. The first kappa shape index (κ1) is 15.6. The van der Waals surface area contributed by atoms with E-state index in [0.29, 0.717) is 6.54 Å². The average Bonchev–Trinajstić information content (AvgIpc) is 3.17. The molecule has 1 saturated heterocycles. The number of ether oxygens (including phenoxy) is 2. The Labute approximate surface area is 133 Å². The largest absolute Gasteiger partial charge is 0.493 e. The van der Waals surface area contributed by atoms with Crippen LogP contribution in [0.4, 0.5) is 0 Å². The molecule has 1 aliphatic carbocycles. The predicted molar refractivity (Wildman–Crippen MR) is 88.7 cm³/mol. The number of likely N-dealkylation sites (tertiary alicyclic amines) is 1. The summed E-state index contributed by atoms with van der Waals surface area (Å²) in [4.78, 5) is 2.30. The van der Waals surface area contributed by atoms with Gasteiger partial charge in [0.05, 0.1) is 7.11 Å². The lowest BCUT2D eigenvalue weighted by Crippen LogP contribution is -2.32. The van der Waals surface area contributed by atoms with Crippen LogP contribution >= 0.6 is 0 Å². The summed E-state index contributed by atoms with van der Waals surface area (Å²) >= 11 is 0. The molecule has 0 aromatic heterocycles. The van der Waals surface area contributed by atoms with Crippen LogP contribution in [0.1, 0.15) is 37.7 Å². The second-order valence-corrected chi connectivity index (χ2v) is 6.85. The van der Waals surface area contributed by atoms with E-state index >= 15 is 0 Å². The van der Waals surface area contributed by atoms with Gasteiger partial charge < -0.3 is 20.1 Å². The molecule has 2 fully saturated rings. The molecule has 4 nitrogen and oxygen atoms in total. The first-order chi connectivity index (χ1) is 10.7. The number of nitrogens with zero attached hydrogens (tertiary/aromatic N) is 1. The summed E-state index contributed by atoms with van der Waals surface area (Å²) in [7, 11) is 3.84. The lowest BCUT2D eigenvalue weighted by Gasteiger charge is -2.29. The minimum absolute atomic E-state index is 0.136. The van der Waals surface area contributed by atoms with Crippen molar-refractivity contribution in [3.63, 3.8) is 0 Å². The van der Waals surface area contributed by atoms with Crippen molar-refractivity contribution >= 4 is 0 Å². The zero-order chi connectivity index (χ0) is 15.6. The molecule has 1 unspecified atom stereocenters. The molecule has 1 saturated carbocycles. The van der Waals surface area contributed by atoms with E-state index < -0.39 is 0 Å². The number of rotatable bonds is 5. The smallest absolute Gasteiger partial charge is 0.161 e. The Morgan fingerprint density at radius 3 is 2.64 bits per heavy atom. The molecule has 4 heteroatoms. The fraction of sp³-hybridized carbons (Fsp3) is 0.667. The zero-order valence-corrected chi connectivity index (χ0v) is 13.8. The van der Waals surface area contributed by atoms with E-state index in [0.717, 1.165) is 31.0 Å². The van der Waals surface area contributed by atoms with Crippen LogP contribution in [0.5, 0.6) is 11.5 Å². The Hall–Kier alpha value is -1.26. The van der Waals surface area contributed by atoms with Gasteiger partial charge in [-0.25, -0.2) is 0 Å². The van der Waals surface area contributed by atoms with E-state index in [1.165, 1.54) is 31.2 Å². The zero-order valence-electron chi connectivity index (χ0n) is 13.8. The van der Waals surface area contributed by atoms with Crippen LogP contribution in [-0.4, -0.2) is 44.8 Å². The van der Waals surface area contributed by atoms with Gasteiger partial charge in [0.1, 0.15) is 6.10 Å². The minimum atomic E-state index is 0.136. The fourth-order valence-electron chi connectivity index (χ4n) is 3.93. The van der Waals surface area contributed by atoms with E-state index in [-0.39, 0.29) is 11.5 Å². The molecule has 1 atom stereocenters. The van der Waals surface area contributed by atoms with Gasteiger partial charge in [0.15, 0.2) is 11.5 Å². The monoisotopic (exact) mass is 304 g/mol. The van der Waals surface area contributed by atoms with Gasteiger partial charge in [0.25, 0.3) is 0 Å². The molecule has 3 rings (SSSR count). The second-order valence-electron chi connectivity index (χ2n) is 6.85. The Balaban J connectivity index is 1.85. The highest BCUT2D eigenvalue weighted by Crippen LogP contribution is 2.43. The highest BCUT2D eigenvalue weighted by atomic mass is 16.5. The normalized spacial score (nSPS) is 24.6. The molecule has 0 spiro atoms. The van der Waals surface area contributed by atoms with Gasteiger partial charge in [-0.15, -0.1) is 0 Å². The number of hydrogen-bond acceptors (Lipinski definition) is 4. The summed E-state index contributed by atoms with van der Waals surface area (Å²) < 4.78 is 11.7. The number of benzene rings is 1. The molecule has 0 amide bonds. The van der Waals surface area contributed by atoms with Gasteiger partial charge in [-0.3, -0.25) is 0 Å². The van der Waals surface area contributed by atoms with Crippen LogP contribution in [-0.2, 0) is 5.41 Å². The topological polar surface area (TPSA) is 47.7 Å². The van der Waals surface area contributed by atoms with E-state index in [1.807, 2.05) is 6.07 Å². The first-order valence-electron chi connectivity index (χ1n) is 8.41. The maximum absolute atomic E-state index is 6.25. The number of nitrogens with two attached hydrogens (primary N) is 1. The lowest BCUT2D eigenvalue weighted by molar-refractivity contribution is 0.199. The van der Waals surface area contributed by atoms with Crippen LogP contribution in [0.3, 0.4) is 0 Å². The third kappa shape index (κ3) is 2.95. The van der Waals surface area contributed by atoms with Crippen LogP contribution in [0, 0.1) is 0 Å². The molecule has 0 radical (unpaired) electrons. The number of likely N-dealkylation sites (N-methyl/N-ethyl adjacent to an activating group) is 1. The van der Waals surface area contributed by atoms with E-state index in [9.17, 15) is 0 Å². The van der Waals surface area contributed by atoms with Crippen LogP contribution in [0.25, 0.3) is 0 Å². The van der Waals surface area contributed by atoms with Crippen LogP contribution in [0.2, 0.25) is 0 Å². The molecule has 2 aliphatic rings. The van der Waals surface area contributed by atoms with Crippen molar-refractivity contribution in [3.8, 4) is 11.5 Å². The van der Waals surface area contributed by atoms with Crippen LogP contribution in [0.15, 0.2) is 18.2 Å². The van der Waals surface area contributed by atoms with Crippen molar-refractivity contribution in [2.24, 2.45) is 5.73 Å². The number of hydrogen-bond donors (Lipinski definition) is 1. The molecule has 1 aromatic rings. The van der Waals surface area contributed by atoms with Crippen molar-refractivity contribution in [1.82, 2.24) is 4.90 Å². The Morgan fingerprint density at radius 2 is 2.05 bits per heavy atom. The van der Waals surface area contributed by atoms with Gasteiger partial charge in [0, 0.05) is 25.0 Å². The summed E-state index contributed by atoms with van der Waals surface area (Å²) in [5.41, 5.74) is 7.57. The Kier molecular flexibility index (Phi) is 4.59. The number of methoxy groups -OCH3 is 1. The molecule has 0 bridgehead atoms. The van der Waals surface area contributed by atoms with Crippen molar-refractivity contribution < 1.29 is 9.47 Å². The summed E-state index contributed by atoms with van der Waals surface area (Å²) in [6, 6.07) is 6.39. The van der Waals surface area contributed by atoms with Crippen molar-refractivity contribution in [1.29, 1.82) is 0 Å². The van der Waals surface area contributed by atoms with E-state index in [4.69, 9.17) is 15.2 Å². The first-order valence-corrected chi connectivity index (χ1v) is 8.41. The van der Waals surface area contributed by atoms with Gasteiger partial charge in [-0.05, 0) is 44.0 Å². The van der Waals surface area contributed by atoms with Crippen molar-refractivity contribution in [2.75, 3.05) is 33.8 Å². The summed E-state index contributed by atoms with van der Waals surface area (Å²) in [6.45, 7) is 2.79. The van der Waals surface area contributed by atoms with Gasteiger partial charge in [-0.2, -0.15) is 0 Å². The minimum Gasteiger partial charge on any atom is -0.493 e. The van der Waals surface area contributed by atoms with E-state index in [2.05, 4.69) is 24.1 Å². The van der Waals surface area contributed by atoms with Crippen molar-refractivity contribution in [3.05, 3.63) is 23.8 Å². The molecule has 122 valence electrons. The van der Waals surface area contributed by atoms with Gasteiger partial charge >= 0.3 is 0 Å². The third-order valence-corrected chi connectivity index (χ3v) is 5.37. The van der Waals surface area contributed by atoms with Crippen LogP contribution < -0.4 is 15.2 Å². The van der Waals surface area contributed by atoms with Gasteiger partial charge in [0.2, 0.25) is 0 Å². The maximum Gasteiger partial charge on any atom is 0.161 e. The maximum atomic E-state index is 6.25. The lowest BCUT2D eigenvalue weighted by atomic mass is 9.79. The Bertz CT molecular complexity index is 512. The molecule has 1 aromatic carbocycles. The molecular formula is C18H28N2O2. The second kappa shape index (κ2) is 6.47. The molecule has 1 heterocycles. The Morgan fingerprint density at radius 1 is 1.27 bits per heavy atom. The molecule has 22 heavy (non-hydrogen) atoms. The molecule has 2 N–H and O–H groups in total. The summed E-state index contributed by atoms with van der Waals surface area (Å²) in [6.07, 6.45) is 6.24. The van der Waals surface area contributed by atoms with Gasteiger partial charge in [-0.1, -0.05) is 18.9 Å². The molecule has 1 aliphatic heterocycles. The van der Waals surface area contributed by atoms with Crippen molar-refractivity contribution in [2.45, 2.75) is 43.6 Å². The fourth-order valence-corrected chi connectivity index (χ4v) is 3.93. The summed E-state index contributed by atoms with van der Waals surface area (Å²) in [5.74, 6) is 1.70. The van der Waals surface area contributed by atoms with E-state index in [1.54, 1.807) is 7.11 Å². The third-order valence-electron chi connectivity index (χ3n) is 5.37. The highest BCUT2D eigenvalue weighted by Gasteiger charge is 2.35. The standard InChI is InChI=1S/C18H28N2O2/c1-20-10-7-15(12-20)22-17-11-14(5-6-16(17)21-2)18(13-19)8-3-4-9-18/h5-6,11,15H,3-4,7-10,12-13,19H2,1-2H3. The SMILES string of the molecule is COc1ccc(C2(CN)CCCC2)cc1OC1CCN(C)C1. The molecular weight excluding hydrogens is 276 g/mol. The average molecular weight is 304 g/mol.